The van der Waals surface area contributed by atoms with Gasteiger partial charge in [0.25, 0.3) is 0 Å². The third-order valence-corrected chi connectivity index (χ3v) is 4.16. The fourth-order valence-electron chi connectivity index (χ4n) is 0.998. The lowest BCUT2D eigenvalue weighted by Gasteiger charge is -2.06. The lowest BCUT2D eigenvalue weighted by molar-refractivity contribution is 0.582. The van der Waals surface area contributed by atoms with Crippen molar-refractivity contribution >= 4 is 26.0 Å². The van der Waals surface area contributed by atoms with E-state index in [2.05, 4.69) is 26.6 Å². The predicted octanol–water partition coefficient (Wildman–Crippen LogP) is 1.75. The Bertz CT molecular complexity index is 476. The Morgan fingerprint density at radius 3 is 2.67 bits per heavy atom. The molecule has 1 aromatic rings. The van der Waals surface area contributed by atoms with Crippen molar-refractivity contribution in [2.24, 2.45) is 0 Å². The fourth-order valence-corrected chi connectivity index (χ4v) is 3.03. The molecule has 0 amide bonds. The third kappa shape index (κ3) is 3.34. The molecule has 0 aliphatic heterocycles. The maximum Gasteiger partial charge on any atom is 0.241 e. The normalized spacial score (nSPS) is 10.9. The molecule has 0 saturated heterocycles. The zero-order valence-corrected chi connectivity index (χ0v) is 10.3. The van der Waals surface area contributed by atoms with E-state index in [1.807, 2.05) is 0 Å². The van der Waals surface area contributed by atoms with Gasteiger partial charge in [0.2, 0.25) is 10.0 Å². The van der Waals surface area contributed by atoms with Crippen molar-refractivity contribution in [3.8, 4) is 12.3 Å². The maximum atomic E-state index is 11.7. The summed E-state index contributed by atoms with van der Waals surface area (Å²) in [5.74, 6) is 2.37. The summed E-state index contributed by atoms with van der Waals surface area (Å²) in [5, 5.41) is 0. The van der Waals surface area contributed by atoms with Crippen LogP contribution < -0.4 is 4.72 Å². The molecule has 1 rings (SSSR count). The van der Waals surface area contributed by atoms with E-state index in [0.717, 1.165) is 0 Å². The van der Waals surface area contributed by atoms with Crippen LogP contribution in [0.3, 0.4) is 0 Å². The molecule has 0 aliphatic rings. The lowest BCUT2D eigenvalue weighted by atomic mass is 10.4. The minimum absolute atomic E-state index is 0.224. The SMILES string of the molecule is C#CCCNS(=O)(=O)c1ccccc1Br. The molecule has 0 radical (unpaired) electrons. The Labute approximate surface area is 98.1 Å². The monoisotopic (exact) mass is 287 g/mol. The summed E-state index contributed by atoms with van der Waals surface area (Å²) in [7, 11) is -3.46. The van der Waals surface area contributed by atoms with Gasteiger partial charge in [0.15, 0.2) is 0 Å². The van der Waals surface area contributed by atoms with E-state index in [1.54, 1.807) is 18.2 Å². The van der Waals surface area contributed by atoms with E-state index < -0.39 is 10.0 Å². The first kappa shape index (κ1) is 12.2. The summed E-state index contributed by atoms with van der Waals surface area (Å²) >= 11 is 3.18. The van der Waals surface area contributed by atoms with Gasteiger partial charge in [-0.15, -0.1) is 12.3 Å². The molecule has 0 spiro atoms. The van der Waals surface area contributed by atoms with Crippen molar-refractivity contribution in [3.63, 3.8) is 0 Å². The molecule has 1 N–H and O–H groups in total. The zero-order chi connectivity index (χ0) is 11.3. The molecule has 15 heavy (non-hydrogen) atoms. The minimum Gasteiger partial charge on any atom is -0.210 e. The van der Waals surface area contributed by atoms with Crippen LogP contribution in [0.1, 0.15) is 6.42 Å². The Kier molecular flexibility index (Phi) is 4.33. The van der Waals surface area contributed by atoms with E-state index in [0.29, 0.717) is 10.9 Å². The van der Waals surface area contributed by atoms with Crippen LogP contribution in [0.2, 0.25) is 0 Å². The van der Waals surface area contributed by atoms with Crippen molar-refractivity contribution in [2.75, 3.05) is 6.54 Å². The number of halogens is 1. The topological polar surface area (TPSA) is 46.2 Å². The van der Waals surface area contributed by atoms with Crippen LogP contribution >= 0.6 is 15.9 Å². The molecule has 0 atom stereocenters. The highest BCUT2D eigenvalue weighted by Gasteiger charge is 2.15. The number of rotatable bonds is 4. The summed E-state index contributed by atoms with van der Waals surface area (Å²) in [6.07, 6.45) is 5.41. The molecule has 0 saturated carbocycles. The number of sulfonamides is 1. The number of hydrogen-bond acceptors (Lipinski definition) is 2. The Hall–Kier alpha value is -0.830. The van der Waals surface area contributed by atoms with Crippen LogP contribution in [-0.2, 0) is 10.0 Å². The van der Waals surface area contributed by atoms with Gasteiger partial charge in [-0.1, -0.05) is 12.1 Å². The first-order chi connectivity index (χ1) is 7.08. The van der Waals surface area contributed by atoms with Gasteiger partial charge in [0.1, 0.15) is 0 Å². The third-order valence-electron chi connectivity index (χ3n) is 1.69. The average Bonchev–Trinajstić information content (AvgIpc) is 2.18. The van der Waals surface area contributed by atoms with Gasteiger partial charge < -0.3 is 0 Å². The van der Waals surface area contributed by atoms with Crippen LogP contribution in [0.15, 0.2) is 33.6 Å². The van der Waals surface area contributed by atoms with Crippen LogP contribution in [-0.4, -0.2) is 15.0 Å². The summed E-state index contributed by atoms with van der Waals surface area (Å²) in [6.45, 7) is 0.250. The Balaban J connectivity index is 2.88. The van der Waals surface area contributed by atoms with Gasteiger partial charge in [-0.05, 0) is 28.1 Å². The molecular formula is C10H10BrNO2S. The summed E-state index contributed by atoms with van der Waals surface area (Å²) in [6, 6.07) is 6.63. The van der Waals surface area contributed by atoms with E-state index in [1.165, 1.54) is 6.07 Å². The smallest absolute Gasteiger partial charge is 0.210 e. The Morgan fingerprint density at radius 1 is 1.40 bits per heavy atom. The number of terminal acetylenes is 1. The molecule has 0 aliphatic carbocycles. The molecular weight excluding hydrogens is 278 g/mol. The van der Waals surface area contributed by atoms with E-state index >= 15 is 0 Å². The highest BCUT2D eigenvalue weighted by atomic mass is 79.9. The van der Waals surface area contributed by atoms with Crippen LogP contribution in [0, 0.1) is 12.3 Å². The average molecular weight is 288 g/mol. The molecule has 1 aromatic carbocycles. The minimum atomic E-state index is -3.46. The summed E-state index contributed by atoms with van der Waals surface area (Å²) in [5.41, 5.74) is 0. The molecule has 0 aromatic heterocycles. The summed E-state index contributed by atoms with van der Waals surface area (Å²) < 4.78 is 26.4. The van der Waals surface area contributed by atoms with Gasteiger partial charge in [0, 0.05) is 17.4 Å². The van der Waals surface area contributed by atoms with Gasteiger partial charge in [0.05, 0.1) is 4.90 Å². The van der Waals surface area contributed by atoms with Gasteiger partial charge >= 0.3 is 0 Å². The van der Waals surface area contributed by atoms with Gasteiger partial charge in [-0.3, -0.25) is 0 Å². The first-order valence-electron chi connectivity index (χ1n) is 4.25. The van der Waals surface area contributed by atoms with Crippen molar-refractivity contribution in [1.29, 1.82) is 0 Å². The second-order valence-electron chi connectivity index (χ2n) is 2.78. The van der Waals surface area contributed by atoms with E-state index in [4.69, 9.17) is 6.42 Å². The quantitative estimate of drug-likeness (QED) is 0.677. The molecule has 80 valence electrons. The fraction of sp³-hybridized carbons (Fsp3) is 0.200. The van der Waals surface area contributed by atoms with E-state index in [-0.39, 0.29) is 11.4 Å². The predicted molar refractivity (Wildman–Crippen MR) is 62.8 cm³/mol. The number of hydrogen-bond donors (Lipinski definition) is 1. The van der Waals surface area contributed by atoms with Crippen molar-refractivity contribution < 1.29 is 8.42 Å². The maximum absolute atomic E-state index is 11.7. The van der Waals surface area contributed by atoms with Crippen molar-refractivity contribution in [3.05, 3.63) is 28.7 Å². The molecule has 0 bridgehead atoms. The zero-order valence-electron chi connectivity index (χ0n) is 7.90. The molecule has 5 heteroatoms. The van der Waals surface area contributed by atoms with Gasteiger partial charge in [-0.2, -0.15) is 0 Å². The van der Waals surface area contributed by atoms with E-state index in [9.17, 15) is 8.42 Å². The largest absolute Gasteiger partial charge is 0.241 e. The summed E-state index contributed by atoms with van der Waals surface area (Å²) in [4.78, 5) is 0.224. The molecule has 3 nitrogen and oxygen atoms in total. The molecule has 0 unspecified atom stereocenters. The number of benzene rings is 1. The molecule has 0 fully saturated rings. The second kappa shape index (κ2) is 5.31. The molecule has 0 heterocycles. The highest BCUT2D eigenvalue weighted by molar-refractivity contribution is 9.10. The van der Waals surface area contributed by atoms with Crippen LogP contribution in [0.5, 0.6) is 0 Å². The van der Waals surface area contributed by atoms with Crippen molar-refractivity contribution in [1.82, 2.24) is 4.72 Å². The standard InChI is InChI=1S/C10H10BrNO2S/c1-2-3-8-12-15(13,14)10-7-5-4-6-9(10)11/h1,4-7,12H,3,8H2. The highest BCUT2D eigenvalue weighted by Crippen LogP contribution is 2.20. The van der Waals surface area contributed by atoms with Crippen molar-refractivity contribution in [2.45, 2.75) is 11.3 Å². The van der Waals surface area contributed by atoms with Crippen LogP contribution in [0.4, 0.5) is 0 Å². The first-order valence-corrected chi connectivity index (χ1v) is 6.53. The van der Waals surface area contributed by atoms with Gasteiger partial charge in [-0.25, -0.2) is 13.1 Å². The number of nitrogens with one attached hydrogen (secondary N) is 1. The lowest BCUT2D eigenvalue weighted by Crippen LogP contribution is -2.24. The second-order valence-corrected chi connectivity index (χ2v) is 5.37. The van der Waals surface area contributed by atoms with Crippen LogP contribution in [0.25, 0.3) is 0 Å². The Morgan fingerprint density at radius 2 is 2.07 bits per heavy atom.